The number of nitrogens with zero attached hydrogens (tertiary/aromatic N) is 3. The predicted molar refractivity (Wildman–Crippen MR) is 133 cm³/mol. The zero-order chi connectivity index (χ0) is 22.9. The molecular weight excluding hydrogens is 456 g/mol. The van der Waals surface area contributed by atoms with Gasteiger partial charge in [-0.25, -0.2) is 9.97 Å². The number of thioether (sulfide) groups is 1. The average molecular weight is 481 g/mol. The summed E-state index contributed by atoms with van der Waals surface area (Å²) in [4.78, 5) is 36.2. The van der Waals surface area contributed by atoms with Crippen molar-refractivity contribution in [3.05, 3.63) is 58.0 Å². The van der Waals surface area contributed by atoms with Gasteiger partial charge in [-0.2, -0.15) is 0 Å². The van der Waals surface area contributed by atoms with E-state index in [1.807, 2.05) is 44.2 Å². The van der Waals surface area contributed by atoms with Gasteiger partial charge >= 0.3 is 0 Å². The molecule has 7 nitrogen and oxygen atoms in total. The van der Waals surface area contributed by atoms with Crippen molar-refractivity contribution >= 4 is 55.1 Å². The van der Waals surface area contributed by atoms with Crippen LogP contribution in [-0.4, -0.2) is 38.9 Å². The van der Waals surface area contributed by atoms with E-state index in [4.69, 9.17) is 9.72 Å². The van der Waals surface area contributed by atoms with E-state index < -0.39 is 0 Å². The smallest absolute Gasteiger partial charge is 0.272 e. The summed E-state index contributed by atoms with van der Waals surface area (Å²) in [6.07, 6.45) is 3.60. The molecule has 1 N–H and O–H groups in total. The van der Waals surface area contributed by atoms with Crippen molar-refractivity contribution in [2.75, 3.05) is 17.7 Å². The fourth-order valence-electron chi connectivity index (χ4n) is 3.99. The number of amides is 1. The molecule has 0 bridgehead atoms. The molecule has 4 aromatic rings. The third-order valence-corrected chi connectivity index (χ3v) is 7.79. The van der Waals surface area contributed by atoms with Crippen LogP contribution in [0.3, 0.4) is 0 Å². The minimum Gasteiger partial charge on any atom is -0.376 e. The molecule has 9 heteroatoms. The Hall–Kier alpha value is -2.75. The van der Waals surface area contributed by atoms with Crippen LogP contribution in [0.2, 0.25) is 0 Å². The first-order valence-corrected chi connectivity index (χ1v) is 12.7. The maximum atomic E-state index is 13.5. The number of carbonyl (C=O) groups excluding carboxylic acids is 1. The lowest BCUT2D eigenvalue weighted by Crippen LogP contribution is -2.28. The van der Waals surface area contributed by atoms with Crippen LogP contribution < -0.4 is 10.9 Å². The molecule has 1 atom stereocenters. The Balaban J connectivity index is 1.47. The molecule has 0 unspecified atom stereocenters. The number of aromatic nitrogens is 3. The van der Waals surface area contributed by atoms with Crippen molar-refractivity contribution in [3.63, 3.8) is 0 Å². The second-order valence-electron chi connectivity index (χ2n) is 8.24. The third kappa shape index (κ3) is 4.53. The molecule has 1 aliphatic rings. The van der Waals surface area contributed by atoms with Crippen molar-refractivity contribution in [1.29, 1.82) is 0 Å². The Bertz CT molecular complexity index is 1410. The van der Waals surface area contributed by atoms with E-state index in [-0.39, 0.29) is 23.3 Å². The van der Waals surface area contributed by atoms with E-state index in [9.17, 15) is 9.59 Å². The Labute approximate surface area is 199 Å². The fraction of sp³-hybridized carbons (Fsp3) is 0.333. The predicted octanol–water partition coefficient (Wildman–Crippen LogP) is 4.53. The van der Waals surface area contributed by atoms with Crippen molar-refractivity contribution in [3.8, 4) is 0 Å². The zero-order valence-corrected chi connectivity index (χ0v) is 20.1. The van der Waals surface area contributed by atoms with Gasteiger partial charge in [-0.05, 0) is 56.0 Å². The SMILES string of the molecule is Cc1ccc(C)c(NC(=O)CSc2nc3c(sc4ncccc43)c(=O)n2C[C@@H]2CCCO2)c1. The molecule has 0 radical (unpaired) electrons. The Kier molecular flexibility index (Phi) is 6.18. The lowest BCUT2D eigenvalue weighted by atomic mass is 10.1. The first kappa shape index (κ1) is 22.1. The maximum absolute atomic E-state index is 13.5. The normalized spacial score (nSPS) is 16.0. The molecule has 1 saturated heterocycles. The van der Waals surface area contributed by atoms with Crippen LogP contribution in [0.4, 0.5) is 5.69 Å². The molecule has 5 rings (SSSR count). The third-order valence-electron chi connectivity index (χ3n) is 5.73. The van der Waals surface area contributed by atoms with E-state index in [1.165, 1.54) is 23.1 Å². The summed E-state index contributed by atoms with van der Waals surface area (Å²) < 4.78 is 8.04. The van der Waals surface area contributed by atoms with Crippen LogP contribution in [0.25, 0.3) is 20.4 Å². The largest absolute Gasteiger partial charge is 0.376 e. The van der Waals surface area contributed by atoms with Gasteiger partial charge in [0.05, 0.1) is 23.9 Å². The fourth-order valence-corrected chi connectivity index (χ4v) is 5.82. The summed E-state index contributed by atoms with van der Waals surface area (Å²) in [5.74, 6) is 0.0144. The van der Waals surface area contributed by atoms with Gasteiger partial charge in [0.15, 0.2) is 5.16 Å². The van der Waals surface area contributed by atoms with E-state index in [1.54, 1.807) is 10.8 Å². The number of nitrogens with one attached hydrogen (secondary N) is 1. The second kappa shape index (κ2) is 9.24. The molecule has 170 valence electrons. The summed E-state index contributed by atoms with van der Waals surface area (Å²) in [6.45, 7) is 5.10. The Morgan fingerprint density at radius 1 is 1.33 bits per heavy atom. The molecule has 4 heterocycles. The molecular formula is C24H24N4O3S2. The highest BCUT2D eigenvalue weighted by molar-refractivity contribution is 7.99. The van der Waals surface area contributed by atoms with Crippen LogP contribution in [-0.2, 0) is 16.1 Å². The minimum atomic E-state index is -0.136. The summed E-state index contributed by atoms with van der Waals surface area (Å²) in [5.41, 5.74) is 3.44. The van der Waals surface area contributed by atoms with E-state index in [0.717, 1.165) is 39.9 Å². The van der Waals surface area contributed by atoms with Gasteiger partial charge < -0.3 is 10.1 Å². The molecule has 1 aromatic carbocycles. The molecule has 33 heavy (non-hydrogen) atoms. The van der Waals surface area contributed by atoms with Crippen LogP contribution >= 0.6 is 23.1 Å². The maximum Gasteiger partial charge on any atom is 0.272 e. The summed E-state index contributed by atoms with van der Waals surface area (Å²) in [6, 6.07) is 9.74. The van der Waals surface area contributed by atoms with Crippen molar-refractivity contribution in [1.82, 2.24) is 14.5 Å². The van der Waals surface area contributed by atoms with E-state index in [2.05, 4.69) is 10.3 Å². The number of thiophene rings is 1. The van der Waals surface area contributed by atoms with Gasteiger partial charge in [-0.1, -0.05) is 23.9 Å². The standard InChI is InChI=1S/C24H24N4O3S2/c1-14-7-8-15(2)18(11-14)26-19(29)13-32-24-27-20-17-6-3-9-25-22(17)33-21(20)23(30)28(24)12-16-5-4-10-31-16/h3,6-9,11,16H,4-5,10,12-13H2,1-2H3,(H,26,29)/t16-/m0/s1. The number of ether oxygens (including phenoxy) is 1. The minimum absolute atomic E-state index is 0.0161. The molecule has 1 aliphatic heterocycles. The van der Waals surface area contributed by atoms with Crippen LogP contribution in [0.5, 0.6) is 0 Å². The van der Waals surface area contributed by atoms with Crippen molar-refractivity contribution < 1.29 is 9.53 Å². The second-order valence-corrected chi connectivity index (χ2v) is 10.2. The average Bonchev–Trinajstić information content (AvgIpc) is 3.45. The molecule has 3 aromatic heterocycles. The summed E-state index contributed by atoms with van der Waals surface area (Å²) >= 11 is 2.64. The molecule has 1 fully saturated rings. The number of benzene rings is 1. The van der Waals surface area contributed by atoms with Gasteiger partial charge in [-0.15, -0.1) is 11.3 Å². The van der Waals surface area contributed by atoms with E-state index in [0.29, 0.717) is 28.5 Å². The quantitative estimate of drug-likeness (QED) is 0.322. The van der Waals surface area contributed by atoms with Gasteiger partial charge in [0.1, 0.15) is 9.53 Å². The highest BCUT2D eigenvalue weighted by Crippen LogP contribution is 2.31. The van der Waals surface area contributed by atoms with E-state index >= 15 is 0 Å². The van der Waals surface area contributed by atoms with Gasteiger partial charge in [0, 0.05) is 23.9 Å². The number of pyridine rings is 1. The summed E-state index contributed by atoms with van der Waals surface area (Å²) in [7, 11) is 0. The van der Waals surface area contributed by atoms with Crippen LogP contribution in [0, 0.1) is 13.8 Å². The number of hydrogen-bond acceptors (Lipinski definition) is 7. The zero-order valence-electron chi connectivity index (χ0n) is 18.5. The molecule has 0 saturated carbocycles. The Morgan fingerprint density at radius 2 is 2.21 bits per heavy atom. The number of fused-ring (bicyclic) bond motifs is 3. The Morgan fingerprint density at radius 3 is 3.03 bits per heavy atom. The first-order chi connectivity index (χ1) is 16.0. The first-order valence-electron chi connectivity index (χ1n) is 10.9. The van der Waals surface area contributed by atoms with Gasteiger partial charge in [-0.3, -0.25) is 14.2 Å². The number of rotatable bonds is 6. The lowest BCUT2D eigenvalue weighted by molar-refractivity contribution is -0.113. The van der Waals surface area contributed by atoms with Gasteiger partial charge in [0.25, 0.3) is 5.56 Å². The molecule has 1 amide bonds. The van der Waals surface area contributed by atoms with Crippen molar-refractivity contribution in [2.24, 2.45) is 0 Å². The highest BCUT2D eigenvalue weighted by Gasteiger charge is 2.22. The topological polar surface area (TPSA) is 86.1 Å². The van der Waals surface area contributed by atoms with Crippen molar-refractivity contribution in [2.45, 2.75) is 44.5 Å². The monoisotopic (exact) mass is 480 g/mol. The molecule has 0 spiro atoms. The number of anilines is 1. The molecule has 0 aliphatic carbocycles. The number of carbonyl (C=O) groups is 1. The summed E-state index contributed by atoms with van der Waals surface area (Å²) in [5, 5.41) is 4.37. The lowest BCUT2D eigenvalue weighted by Gasteiger charge is -2.16. The highest BCUT2D eigenvalue weighted by atomic mass is 32.2. The van der Waals surface area contributed by atoms with Gasteiger partial charge in [0.2, 0.25) is 5.91 Å². The number of aryl methyl sites for hydroxylation is 2. The number of hydrogen-bond donors (Lipinski definition) is 1. The van der Waals surface area contributed by atoms with Crippen LogP contribution in [0.15, 0.2) is 46.5 Å². The van der Waals surface area contributed by atoms with Crippen LogP contribution in [0.1, 0.15) is 24.0 Å².